The largest absolute Gasteiger partial charge is 0.478 e. The van der Waals surface area contributed by atoms with Gasteiger partial charge in [-0.05, 0) is 12.5 Å². The fourth-order valence-electron chi connectivity index (χ4n) is 1.53. The summed E-state index contributed by atoms with van der Waals surface area (Å²) < 4.78 is 0. The van der Waals surface area contributed by atoms with Gasteiger partial charge in [-0.1, -0.05) is 6.07 Å². The Morgan fingerprint density at radius 3 is 2.63 bits per heavy atom. The van der Waals surface area contributed by atoms with E-state index in [0.29, 0.717) is 6.42 Å². The molecule has 0 aliphatic carbocycles. The van der Waals surface area contributed by atoms with Gasteiger partial charge in [0.1, 0.15) is 5.69 Å². The number of rotatable bonds is 7. The van der Waals surface area contributed by atoms with E-state index >= 15 is 0 Å². The summed E-state index contributed by atoms with van der Waals surface area (Å²) in [6.45, 7) is 0.216. The second kappa shape index (κ2) is 6.34. The van der Waals surface area contributed by atoms with Crippen molar-refractivity contribution >= 4 is 23.3 Å². The van der Waals surface area contributed by atoms with Gasteiger partial charge in [-0.15, -0.1) is 0 Å². The van der Waals surface area contributed by atoms with Crippen molar-refractivity contribution in [1.29, 1.82) is 0 Å². The molecule has 19 heavy (non-hydrogen) atoms. The van der Waals surface area contributed by atoms with Gasteiger partial charge >= 0.3 is 5.97 Å². The number of amides is 1. The van der Waals surface area contributed by atoms with Crippen LogP contribution in [0.25, 0.3) is 0 Å². The van der Waals surface area contributed by atoms with Crippen LogP contribution in [0.2, 0.25) is 0 Å². The number of carboxylic acid groups (broad SMARTS) is 1. The van der Waals surface area contributed by atoms with Gasteiger partial charge in [0.2, 0.25) is 5.91 Å². The number of para-hydroxylation sites is 1. The van der Waals surface area contributed by atoms with Crippen molar-refractivity contribution in [3.63, 3.8) is 0 Å². The molecule has 8 nitrogen and oxygen atoms in total. The number of hydrogen-bond donors (Lipinski definition) is 3. The molecule has 0 bridgehead atoms. The predicted molar refractivity (Wildman–Crippen MR) is 67.0 cm³/mol. The average molecular weight is 267 g/mol. The second-order valence-electron chi connectivity index (χ2n) is 3.76. The van der Waals surface area contributed by atoms with Gasteiger partial charge in [0, 0.05) is 19.0 Å². The third-order valence-electron chi connectivity index (χ3n) is 2.37. The van der Waals surface area contributed by atoms with E-state index in [1.54, 1.807) is 0 Å². The summed E-state index contributed by atoms with van der Waals surface area (Å²) in [5, 5.41) is 22.5. The van der Waals surface area contributed by atoms with Crippen molar-refractivity contribution in [2.24, 2.45) is 5.73 Å². The number of nitrogens with one attached hydrogen (secondary N) is 1. The highest BCUT2D eigenvalue weighted by Crippen LogP contribution is 2.28. The molecule has 0 saturated carbocycles. The molecule has 0 atom stereocenters. The summed E-state index contributed by atoms with van der Waals surface area (Å²) in [5.41, 5.74) is 4.39. The quantitative estimate of drug-likeness (QED) is 0.382. The van der Waals surface area contributed by atoms with Crippen LogP contribution in [0.15, 0.2) is 18.2 Å². The monoisotopic (exact) mass is 267 g/mol. The molecular weight excluding hydrogens is 254 g/mol. The minimum Gasteiger partial charge on any atom is -0.478 e. The van der Waals surface area contributed by atoms with E-state index in [1.165, 1.54) is 18.2 Å². The van der Waals surface area contributed by atoms with Crippen molar-refractivity contribution in [3.8, 4) is 0 Å². The number of carbonyl (C=O) groups excluding carboxylic acids is 1. The summed E-state index contributed by atoms with van der Waals surface area (Å²) in [4.78, 5) is 31.7. The number of anilines is 1. The molecule has 102 valence electrons. The summed E-state index contributed by atoms with van der Waals surface area (Å²) in [5.74, 6) is -1.75. The van der Waals surface area contributed by atoms with E-state index in [2.05, 4.69) is 5.32 Å². The fourth-order valence-corrected chi connectivity index (χ4v) is 1.53. The zero-order valence-electron chi connectivity index (χ0n) is 9.96. The highest BCUT2D eigenvalue weighted by atomic mass is 16.6. The van der Waals surface area contributed by atoms with Crippen LogP contribution in [0.4, 0.5) is 11.4 Å². The molecular formula is C11H13N3O5. The lowest BCUT2D eigenvalue weighted by molar-refractivity contribution is -0.384. The zero-order chi connectivity index (χ0) is 14.4. The zero-order valence-corrected chi connectivity index (χ0v) is 9.96. The summed E-state index contributed by atoms with van der Waals surface area (Å²) in [7, 11) is 0. The van der Waals surface area contributed by atoms with Gasteiger partial charge in [0.15, 0.2) is 0 Å². The smallest absolute Gasteiger partial charge is 0.338 e. The molecule has 0 spiro atoms. The summed E-state index contributed by atoms with van der Waals surface area (Å²) in [6.07, 6.45) is 0.483. The maximum atomic E-state index is 11.0. The maximum Gasteiger partial charge on any atom is 0.338 e. The lowest BCUT2D eigenvalue weighted by Crippen LogP contribution is -2.14. The first-order valence-electron chi connectivity index (χ1n) is 5.46. The van der Waals surface area contributed by atoms with Gasteiger partial charge in [-0.3, -0.25) is 14.9 Å². The van der Waals surface area contributed by atoms with E-state index in [-0.39, 0.29) is 29.9 Å². The van der Waals surface area contributed by atoms with Crippen molar-refractivity contribution in [3.05, 3.63) is 33.9 Å². The Hall–Kier alpha value is -2.64. The van der Waals surface area contributed by atoms with E-state index in [0.717, 1.165) is 0 Å². The summed E-state index contributed by atoms with van der Waals surface area (Å²) in [6, 6.07) is 3.78. The van der Waals surface area contributed by atoms with E-state index in [4.69, 9.17) is 10.8 Å². The number of benzene rings is 1. The molecule has 0 heterocycles. The number of nitro groups is 1. The first-order valence-corrected chi connectivity index (χ1v) is 5.46. The Balaban J connectivity index is 2.92. The van der Waals surface area contributed by atoms with Crippen molar-refractivity contribution in [1.82, 2.24) is 0 Å². The van der Waals surface area contributed by atoms with Gasteiger partial charge in [-0.2, -0.15) is 0 Å². The highest BCUT2D eigenvalue weighted by Gasteiger charge is 2.20. The van der Waals surface area contributed by atoms with Gasteiger partial charge in [-0.25, -0.2) is 4.79 Å². The molecule has 1 rings (SSSR count). The molecule has 0 aliphatic rings. The standard InChI is InChI=1S/C11H13N3O5/c12-9(15)5-2-6-13-10-7(11(16)17)3-1-4-8(10)14(18)19/h1,3-4,13H,2,5-6H2,(H2,12,15)(H,16,17). The number of primary amides is 1. The molecule has 0 aromatic heterocycles. The number of nitrogens with zero attached hydrogens (tertiary/aromatic N) is 1. The number of carboxylic acids is 1. The Bertz CT molecular complexity index is 483. The number of carbonyl (C=O) groups is 2. The van der Waals surface area contributed by atoms with E-state index in [1.807, 2.05) is 0 Å². The minimum atomic E-state index is -1.26. The molecule has 1 aromatic rings. The number of aromatic carboxylic acids is 1. The number of nitrogens with two attached hydrogens (primary N) is 1. The Labute approximate surface area is 108 Å². The topological polar surface area (TPSA) is 136 Å². The molecule has 0 unspecified atom stereocenters. The Kier molecular flexibility index (Phi) is 4.81. The molecule has 1 amide bonds. The van der Waals surface area contributed by atoms with E-state index in [9.17, 15) is 19.7 Å². The Morgan fingerprint density at radius 1 is 1.42 bits per heavy atom. The van der Waals surface area contributed by atoms with Crippen LogP contribution in [0.1, 0.15) is 23.2 Å². The molecule has 4 N–H and O–H groups in total. The molecule has 0 radical (unpaired) electrons. The van der Waals surface area contributed by atoms with Gasteiger partial charge < -0.3 is 16.2 Å². The van der Waals surface area contributed by atoms with E-state index < -0.39 is 16.8 Å². The lowest BCUT2D eigenvalue weighted by Gasteiger charge is -2.09. The first kappa shape index (κ1) is 14.4. The third-order valence-corrected chi connectivity index (χ3v) is 2.37. The molecule has 0 saturated heterocycles. The first-order chi connectivity index (χ1) is 8.93. The van der Waals surface area contributed by atoms with Crippen LogP contribution in [0.3, 0.4) is 0 Å². The number of nitro benzene ring substituents is 1. The fraction of sp³-hybridized carbons (Fsp3) is 0.273. The van der Waals surface area contributed by atoms with Crippen molar-refractivity contribution < 1.29 is 19.6 Å². The molecule has 8 heteroatoms. The Morgan fingerprint density at radius 2 is 2.11 bits per heavy atom. The van der Waals surface area contributed by atoms with Crippen molar-refractivity contribution in [2.75, 3.05) is 11.9 Å². The van der Waals surface area contributed by atoms with Crippen LogP contribution >= 0.6 is 0 Å². The van der Waals surface area contributed by atoms with Crippen LogP contribution in [-0.2, 0) is 4.79 Å². The SMILES string of the molecule is NC(=O)CCCNc1c(C(=O)O)cccc1[N+](=O)[O-]. The van der Waals surface area contributed by atoms with Crippen LogP contribution in [0.5, 0.6) is 0 Å². The number of hydrogen-bond acceptors (Lipinski definition) is 5. The molecule has 0 fully saturated rings. The van der Waals surface area contributed by atoms with Crippen LogP contribution in [0, 0.1) is 10.1 Å². The van der Waals surface area contributed by atoms with Gasteiger partial charge in [0.05, 0.1) is 10.5 Å². The summed E-state index contributed by atoms with van der Waals surface area (Å²) >= 11 is 0. The molecule has 0 aliphatic heterocycles. The average Bonchev–Trinajstić information content (AvgIpc) is 2.33. The maximum absolute atomic E-state index is 11.0. The molecule has 1 aromatic carbocycles. The highest BCUT2D eigenvalue weighted by molar-refractivity contribution is 5.96. The van der Waals surface area contributed by atoms with Crippen LogP contribution in [-0.4, -0.2) is 28.5 Å². The third kappa shape index (κ3) is 3.95. The second-order valence-corrected chi connectivity index (χ2v) is 3.76. The van der Waals surface area contributed by atoms with Crippen LogP contribution < -0.4 is 11.1 Å². The lowest BCUT2D eigenvalue weighted by atomic mass is 10.1. The van der Waals surface area contributed by atoms with Gasteiger partial charge in [0.25, 0.3) is 5.69 Å². The van der Waals surface area contributed by atoms with Crippen molar-refractivity contribution in [2.45, 2.75) is 12.8 Å². The minimum absolute atomic E-state index is 0.0653. The normalized spacial score (nSPS) is 9.89. The predicted octanol–water partition coefficient (Wildman–Crippen LogP) is 0.970.